The van der Waals surface area contributed by atoms with E-state index < -0.39 is 14.6 Å². The maximum absolute atomic E-state index is 11.8. The molecule has 0 radical (unpaired) electrons. The van der Waals surface area contributed by atoms with E-state index in [0.717, 1.165) is 0 Å². The number of rotatable bonds is 6. The highest BCUT2D eigenvalue weighted by molar-refractivity contribution is 7.92. The monoisotopic (exact) mass is 251 g/mol. The van der Waals surface area contributed by atoms with Gasteiger partial charge in [0, 0.05) is 12.6 Å². The van der Waals surface area contributed by atoms with Gasteiger partial charge in [-0.15, -0.1) is 0 Å². The Morgan fingerprint density at radius 3 is 2.12 bits per heavy atom. The van der Waals surface area contributed by atoms with Crippen LogP contribution < -0.4 is 5.32 Å². The largest absolute Gasteiger partial charge is 0.393 e. The van der Waals surface area contributed by atoms with Gasteiger partial charge in [-0.25, -0.2) is 8.42 Å². The van der Waals surface area contributed by atoms with Crippen molar-refractivity contribution >= 4 is 9.84 Å². The number of aliphatic hydroxyl groups excluding tert-OH is 1. The van der Waals surface area contributed by atoms with Crippen molar-refractivity contribution in [1.29, 1.82) is 0 Å². The molecule has 16 heavy (non-hydrogen) atoms. The predicted octanol–water partition coefficient (Wildman–Crippen LogP) is 0.949. The summed E-state index contributed by atoms with van der Waals surface area (Å²) in [5.41, 5.74) is 0. The summed E-state index contributed by atoms with van der Waals surface area (Å²) >= 11 is 0. The zero-order chi connectivity index (χ0) is 13.0. The standard InChI is InChI=1S/C11H25NO3S/c1-9(8-10(2)13)12-6-7-16(14,15)11(3,4)5/h9-10,12-13H,6-8H2,1-5H3. The minimum atomic E-state index is -3.05. The van der Waals surface area contributed by atoms with Crippen LogP contribution in [-0.2, 0) is 9.84 Å². The second-order valence-electron chi connectivity index (χ2n) is 5.37. The van der Waals surface area contributed by atoms with Crippen LogP contribution in [0.15, 0.2) is 0 Å². The van der Waals surface area contributed by atoms with E-state index in [4.69, 9.17) is 5.11 Å². The molecule has 98 valence electrons. The van der Waals surface area contributed by atoms with Crippen LogP contribution in [0.5, 0.6) is 0 Å². The summed E-state index contributed by atoms with van der Waals surface area (Å²) in [6.45, 7) is 9.23. The van der Waals surface area contributed by atoms with E-state index in [1.807, 2.05) is 6.92 Å². The third-order valence-corrected chi connectivity index (χ3v) is 5.10. The maximum Gasteiger partial charge on any atom is 0.156 e. The molecule has 0 aromatic rings. The first-order chi connectivity index (χ1) is 7.06. The van der Waals surface area contributed by atoms with Gasteiger partial charge in [-0.1, -0.05) is 0 Å². The summed E-state index contributed by atoms with van der Waals surface area (Å²) in [5.74, 6) is 0.140. The van der Waals surface area contributed by atoms with E-state index in [9.17, 15) is 8.42 Å². The molecule has 2 atom stereocenters. The Morgan fingerprint density at radius 1 is 1.25 bits per heavy atom. The fourth-order valence-corrected chi connectivity index (χ4v) is 2.34. The quantitative estimate of drug-likeness (QED) is 0.737. The maximum atomic E-state index is 11.8. The topological polar surface area (TPSA) is 66.4 Å². The van der Waals surface area contributed by atoms with E-state index in [1.165, 1.54) is 0 Å². The average molecular weight is 251 g/mol. The number of hydrogen-bond acceptors (Lipinski definition) is 4. The van der Waals surface area contributed by atoms with Gasteiger partial charge in [0.05, 0.1) is 16.6 Å². The molecule has 0 bridgehead atoms. The van der Waals surface area contributed by atoms with Crippen molar-refractivity contribution in [2.24, 2.45) is 0 Å². The lowest BCUT2D eigenvalue weighted by Crippen LogP contribution is -2.38. The molecular weight excluding hydrogens is 226 g/mol. The summed E-state index contributed by atoms with van der Waals surface area (Å²) < 4.78 is 22.8. The molecule has 0 saturated carbocycles. The highest BCUT2D eigenvalue weighted by Crippen LogP contribution is 2.15. The third kappa shape index (κ3) is 5.82. The Kier molecular flexibility index (Phi) is 5.93. The highest BCUT2D eigenvalue weighted by Gasteiger charge is 2.28. The molecule has 2 N–H and O–H groups in total. The van der Waals surface area contributed by atoms with Crippen LogP contribution in [-0.4, -0.2) is 42.7 Å². The molecule has 0 aromatic heterocycles. The van der Waals surface area contributed by atoms with Crippen molar-refractivity contribution in [1.82, 2.24) is 5.32 Å². The Labute approximate surface area is 99.4 Å². The third-order valence-electron chi connectivity index (χ3n) is 2.49. The van der Waals surface area contributed by atoms with Gasteiger partial charge in [-0.2, -0.15) is 0 Å². The van der Waals surface area contributed by atoms with Crippen LogP contribution >= 0.6 is 0 Å². The van der Waals surface area contributed by atoms with Crippen molar-refractivity contribution in [3.8, 4) is 0 Å². The molecule has 0 aliphatic heterocycles. The van der Waals surface area contributed by atoms with Crippen molar-refractivity contribution < 1.29 is 13.5 Å². The molecule has 0 spiro atoms. The zero-order valence-electron chi connectivity index (χ0n) is 10.9. The Morgan fingerprint density at radius 2 is 1.75 bits per heavy atom. The summed E-state index contributed by atoms with van der Waals surface area (Å²) in [6, 6.07) is 0.134. The van der Waals surface area contributed by atoms with Crippen molar-refractivity contribution in [2.75, 3.05) is 12.3 Å². The molecule has 2 unspecified atom stereocenters. The van der Waals surface area contributed by atoms with Crippen LogP contribution in [0.4, 0.5) is 0 Å². The summed E-state index contributed by atoms with van der Waals surface area (Å²) in [7, 11) is -3.05. The minimum Gasteiger partial charge on any atom is -0.393 e. The normalized spacial score (nSPS) is 17.1. The summed E-state index contributed by atoms with van der Waals surface area (Å²) in [4.78, 5) is 0. The fraction of sp³-hybridized carbons (Fsp3) is 1.00. The number of sulfone groups is 1. The van der Waals surface area contributed by atoms with Gasteiger partial charge in [0.2, 0.25) is 0 Å². The number of nitrogens with one attached hydrogen (secondary N) is 1. The van der Waals surface area contributed by atoms with Crippen LogP contribution in [0.25, 0.3) is 0 Å². The van der Waals surface area contributed by atoms with Gasteiger partial charge in [-0.3, -0.25) is 0 Å². The predicted molar refractivity (Wildman–Crippen MR) is 67.3 cm³/mol. The van der Waals surface area contributed by atoms with Gasteiger partial charge in [0.15, 0.2) is 9.84 Å². The second-order valence-corrected chi connectivity index (χ2v) is 8.23. The molecule has 0 aliphatic carbocycles. The Balaban J connectivity index is 4.00. The van der Waals surface area contributed by atoms with E-state index >= 15 is 0 Å². The molecule has 0 aromatic carbocycles. The molecule has 0 saturated heterocycles. The first-order valence-electron chi connectivity index (χ1n) is 5.70. The fourth-order valence-electron chi connectivity index (χ4n) is 1.34. The van der Waals surface area contributed by atoms with E-state index in [2.05, 4.69) is 5.32 Å². The molecule has 0 rings (SSSR count). The highest BCUT2D eigenvalue weighted by atomic mass is 32.2. The first-order valence-corrected chi connectivity index (χ1v) is 7.35. The van der Waals surface area contributed by atoms with Crippen LogP contribution in [0.1, 0.15) is 41.0 Å². The number of hydrogen-bond donors (Lipinski definition) is 2. The van der Waals surface area contributed by atoms with E-state index in [-0.39, 0.29) is 17.9 Å². The van der Waals surface area contributed by atoms with Crippen LogP contribution in [0, 0.1) is 0 Å². The lowest BCUT2D eigenvalue weighted by molar-refractivity contribution is 0.171. The SMILES string of the molecule is CC(O)CC(C)NCCS(=O)(=O)C(C)(C)C. The van der Waals surface area contributed by atoms with E-state index in [1.54, 1.807) is 27.7 Å². The van der Waals surface area contributed by atoms with Crippen molar-refractivity contribution in [2.45, 2.75) is 57.9 Å². The Hall–Kier alpha value is -0.130. The molecule has 0 fully saturated rings. The second kappa shape index (κ2) is 5.98. The smallest absolute Gasteiger partial charge is 0.156 e. The lowest BCUT2D eigenvalue weighted by atomic mass is 10.1. The van der Waals surface area contributed by atoms with Crippen molar-refractivity contribution in [3.63, 3.8) is 0 Å². The minimum absolute atomic E-state index is 0.134. The average Bonchev–Trinajstić information content (AvgIpc) is 1.99. The zero-order valence-corrected chi connectivity index (χ0v) is 11.8. The molecule has 4 nitrogen and oxygen atoms in total. The molecule has 0 amide bonds. The van der Waals surface area contributed by atoms with Crippen LogP contribution in [0.3, 0.4) is 0 Å². The summed E-state index contributed by atoms with van der Waals surface area (Å²) in [5, 5.41) is 12.3. The van der Waals surface area contributed by atoms with Gasteiger partial charge in [-0.05, 0) is 41.0 Å². The lowest BCUT2D eigenvalue weighted by Gasteiger charge is -2.20. The molecule has 0 aliphatic rings. The van der Waals surface area contributed by atoms with Gasteiger partial charge in [0.25, 0.3) is 0 Å². The molecule has 0 heterocycles. The molecular formula is C11H25NO3S. The first kappa shape index (κ1) is 15.9. The van der Waals surface area contributed by atoms with Gasteiger partial charge >= 0.3 is 0 Å². The molecule has 5 heteroatoms. The number of aliphatic hydroxyl groups is 1. The summed E-state index contributed by atoms with van der Waals surface area (Å²) in [6.07, 6.45) is 0.275. The van der Waals surface area contributed by atoms with Crippen LogP contribution in [0.2, 0.25) is 0 Å². The van der Waals surface area contributed by atoms with E-state index in [0.29, 0.717) is 13.0 Å². The van der Waals surface area contributed by atoms with Crippen molar-refractivity contribution in [3.05, 3.63) is 0 Å². The van der Waals surface area contributed by atoms with Gasteiger partial charge in [0.1, 0.15) is 0 Å². The Bertz CT molecular complexity index is 291. The van der Waals surface area contributed by atoms with Gasteiger partial charge < -0.3 is 10.4 Å².